The van der Waals surface area contributed by atoms with E-state index >= 15 is 0 Å². The molecule has 0 amide bonds. The Morgan fingerprint density at radius 1 is 0.714 bits per heavy atom. The van der Waals surface area contributed by atoms with Crippen molar-refractivity contribution in [2.45, 2.75) is 45.2 Å². The molecule has 1 aromatic heterocycles. The van der Waals surface area contributed by atoms with E-state index in [1.807, 2.05) is 36.7 Å². The van der Waals surface area contributed by atoms with E-state index < -0.39 is 11.7 Å². The lowest BCUT2D eigenvalue weighted by atomic mass is 10.0. The summed E-state index contributed by atoms with van der Waals surface area (Å²) in [5, 5.41) is 0. The van der Waals surface area contributed by atoms with Crippen LogP contribution in [0.3, 0.4) is 0 Å². The minimum Gasteiger partial charge on any atom is -0.236 e. The largest absolute Gasteiger partial charge is 0.416 e. The van der Waals surface area contributed by atoms with E-state index in [1.165, 1.54) is 31.4 Å². The minimum absolute atomic E-state index is 0.643. The van der Waals surface area contributed by atoms with Gasteiger partial charge in [-0.05, 0) is 41.7 Å². The first-order chi connectivity index (χ1) is 13.5. The molecule has 0 N–H and O–H groups in total. The Morgan fingerprint density at radius 2 is 1.25 bits per heavy atom. The summed E-state index contributed by atoms with van der Waals surface area (Å²) in [7, 11) is 0. The summed E-state index contributed by atoms with van der Waals surface area (Å²) in [5.41, 5.74) is 2.97. The molecule has 28 heavy (non-hydrogen) atoms. The van der Waals surface area contributed by atoms with Crippen LogP contribution in [0.2, 0.25) is 0 Å². The highest BCUT2D eigenvalue weighted by atomic mass is 19.4. The Morgan fingerprint density at radius 3 is 1.79 bits per heavy atom. The zero-order valence-corrected chi connectivity index (χ0v) is 15.8. The Labute approximate surface area is 163 Å². The fourth-order valence-electron chi connectivity index (χ4n) is 3.05. The molecule has 0 spiro atoms. The molecular weight excluding hydrogens is 361 g/mol. The van der Waals surface area contributed by atoms with Crippen LogP contribution in [-0.4, -0.2) is 9.97 Å². The highest BCUT2D eigenvalue weighted by molar-refractivity contribution is 5.67. The third-order valence-corrected chi connectivity index (χ3v) is 4.71. The van der Waals surface area contributed by atoms with Crippen molar-refractivity contribution in [2.24, 2.45) is 0 Å². The van der Waals surface area contributed by atoms with Gasteiger partial charge in [0.1, 0.15) is 0 Å². The summed E-state index contributed by atoms with van der Waals surface area (Å²) in [6.45, 7) is 2.20. The van der Waals surface area contributed by atoms with Gasteiger partial charge in [-0.1, -0.05) is 62.6 Å². The highest BCUT2D eigenvalue weighted by Gasteiger charge is 2.29. The van der Waals surface area contributed by atoms with Crippen molar-refractivity contribution in [3.05, 3.63) is 72.1 Å². The van der Waals surface area contributed by atoms with Crippen LogP contribution < -0.4 is 0 Å². The predicted molar refractivity (Wildman–Crippen MR) is 106 cm³/mol. The van der Waals surface area contributed by atoms with E-state index in [2.05, 4.69) is 16.9 Å². The molecule has 0 aliphatic rings. The molecule has 2 nitrogen and oxygen atoms in total. The van der Waals surface area contributed by atoms with Gasteiger partial charge in [-0.15, -0.1) is 0 Å². The predicted octanol–water partition coefficient (Wildman–Crippen LogP) is 6.95. The van der Waals surface area contributed by atoms with Crippen LogP contribution >= 0.6 is 0 Å². The molecule has 0 fully saturated rings. The van der Waals surface area contributed by atoms with Crippen LogP contribution in [0.25, 0.3) is 22.5 Å². The molecule has 0 atom stereocenters. The molecule has 3 aromatic rings. The van der Waals surface area contributed by atoms with Crippen LogP contribution in [0.15, 0.2) is 60.9 Å². The van der Waals surface area contributed by atoms with E-state index in [4.69, 9.17) is 0 Å². The number of aromatic nitrogens is 2. The normalized spacial score (nSPS) is 11.6. The summed E-state index contributed by atoms with van der Waals surface area (Å²) < 4.78 is 38.0. The first-order valence-corrected chi connectivity index (χ1v) is 9.56. The van der Waals surface area contributed by atoms with E-state index in [0.717, 1.165) is 47.2 Å². The van der Waals surface area contributed by atoms with E-state index in [-0.39, 0.29) is 0 Å². The number of rotatable bonds is 7. The van der Waals surface area contributed by atoms with Gasteiger partial charge in [0, 0.05) is 18.0 Å². The maximum Gasteiger partial charge on any atom is 0.416 e. The van der Waals surface area contributed by atoms with Gasteiger partial charge in [0.25, 0.3) is 0 Å². The fraction of sp³-hybridized carbons (Fsp3) is 0.304. The van der Waals surface area contributed by atoms with Gasteiger partial charge in [-0.3, -0.25) is 0 Å². The summed E-state index contributed by atoms with van der Waals surface area (Å²) in [5.74, 6) is 0.649. The second kappa shape index (κ2) is 9.00. The van der Waals surface area contributed by atoms with E-state index in [0.29, 0.717) is 5.82 Å². The second-order valence-corrected chi connectivity index (χ2v) is 6.88. The second-order valence-electron chi connectivity index (χ2n) is 6.88. The molecule has 5 heteroatoms. The smallest absolute Gasteiger partial charge is 0.236 e. The van der Waals surface area contributed by atoms with Gasteiger partial charge in [-0.25, -0.2) is 9.97 Å². The van der Waals surface area contributed by atoms with Gasteiger partial charge < -0.3 is 0 Å². The molecule has 0 bridgehead atoms. The zero-order valence-electron chi connectivity index (χ0n) is 15.8. The molecule has 3 rings (SSSR count). The summed E-state index contributed by atoms with van der Waals surface area (Å²) in [6, 6.07) is 12.7. The van der Waals surface area contributed by atoms with Crippen LogP contribution in [0.4, 0.5) is 13.2 Å². The Kier molecular flexibility index (Phi) is 6.45. The standard InChI is InChI=1S/C23H23F3N2/c1-2-3-4-5-6-17-15-27-22(28-16-17)20-9-7-18(8-10-20)19-11-13-21(14-12-19)23(24,25)26/h7-16H,2-6H2,1H3. The molecule has 2 aromatic carbocycles. The fourth-order valence-corrected chi connectivity index (χ4v) is 3.05. The maximum atomic E-state index is 12.7. The topological polar surface area (TPSA) is 25.8 Å². The highest BCUT2D eigenvalue weighted by Crippen LogP contribution is 2.31. The van der Waals surface area contributed by atoms with Crippen molar-refractivity contribution in [2.75, 3.05) is 0 Å². The number of unbranched alkanes of at least 4 members (excludes halogenated alkanes) is 3. The van der Waals surface area contributed by atoms with Gasteiger partial charge in [0.05, 0.1) is 5.56 Å². The van der Waals surface area contributed by atoms with Crippen LogP contribution in [0.1, 0.15) is 43.7 Å². The minimum atomic E-state index is -4.32. The van der Waals surface area contributed by atoms with Crippen molar-refractivity contribution in [3.63, 3.8) is 0 Å². The van der Waals surface area contributed by atoms with E-state index in [9.17, 15) is 13.2 Å². The SMILES string of the molecule is CCCCCCc1cnc(-c2ccc(-c3ccc(C(F)(F)F)cc3)cc2)nc1. The Bertz CT molecular complexity index is 868. The molecule has 1 heterocycles. The number of aryl methyl sites for hydroxylation is 1. The number of hydrogen-bond donors (Lipinski definition) is 0. The lowest BCUT2D eigenvalue weighted by Crippen LogP contribution is -2.03. The average Bonchev–Trinajstić information content (AvgIpc) is 2.71. The number of hydrogen-bond acceptors (Lipinski definition) is 2. The molecule has 0 unspecified atom stereocenters. The summed E-state index contributed by atoms with van der Waals surface area (Å²) in [6.07, 6.45) is 5.27. The molecule has 0 aliphatic carbocycles. The lowest BCUT2D eigenvalue weighted by molar-refractivity contribution is -0.137. The summed E-state index contributed by atoms with van der Waals surface area (Å²) >= 11 is 0. The van der Waals surface area contributed by atoms with Crippen LogP contribution in [0, 0.1) is 0 Å². The number of benzene rings is 2. The number of nitrogens with zero attached hydrogens (tertiary/aromatic N) is 2. The number of halogens is 3. The van der Waals surface area contributed by atoms with Gasteiger partial charge >= 0.3 is 6.18 Å². The van der Waals surface area contributed by atoms with Gasteiger partial charge in [0.2, 0.25) is 0 Å². The lowest BCUT2D eigenvalue weighted by Gasteiger charge is -2.08. The molecule has 146 valence electrons. The van der Waals surface area contributed by atoms with Gasteiger partial charge in [0.15, 0.2) is 5.82 Å². The Hall–Kier alpha value is -2.69. The Balaban J connectivity index is 1.67. The maximum absolute atomic E-state index is 12.7. The van der Waals surface area contributed by atoms with Crippen LogP contribution in [-0.2, 0) is 12.6 Å². The third-order valence-electron chi connectivity index (χ3n) is 4.71. The van der Waals surface area contributed by atoms with Crippen LogP contribution in [0.5, 0.6) is 0 Å². The third kappa shape index (κ3) is 5.18. The first kappa shape index (κ1) is 20.1. The zero-order chi connectivity index (χ0) is 20.0. The molecule has 0 saturated heterocycles. The summed E-state index contributed by atoms with van der Waals surface area (Å²) in [4.78, 5) is 8.91. The van der Waals surface area contributed by atoms with Gasteiger partial charge in [-0.2, -0.15) is 13.2 Å². The average molecular weight is 384 g/mol. The van der Waals surface area contributed by atoms with Crippen molar-refractivity contribution in [3.8, 4) is 22.5 Å². The quantitative estimate of drug-likeness (QED) is 0.412. The van der Waals surface area contributed by atoms with Crippen molar-refractivity contribution < 1.29 is 13.2 Å². The van der Waals surface area contributed by atoms with Crippen molar-refractivity contribution in [1.29, 1.82) is 0 Å². The molecule has 0 radical (unpaired) electrons. The van der Waals surface area contributed by atoms with Crippen molar-refractivity contribution in [1.82, 2.24) is 9.97 Å². The molecule has 0 aliphatic heterocycles. The number of alkyl halides is 3. The molecular formula is C23H23F3N2. The molecule has 0 saturated carbocycles. The monoisotopic (exact) mass is 384 g/mol. The van der Waals surface area contributed by atoms with Crippen molar-refractivity contribution >= 4 is 0 Å². The first-order valence-electron chi connectivity index (χ1n) is 9.56. The van der Waals surface area contributed by atoms with E-state index in [1.54, 1.807) is 0 Å².